The van der Waals surface area contributed by atoms with E-state index in [9.17, 15) is 9.90 Å². The molecule has 0 aromatic rings. The maximum Gasteiger partial charge on any atom is 0.230 e. The molecule has 2 saturated heterocycles. The van der Waals surface area contributed by atoms with Crippen molar-refractivity contribution in [2.45, 2.75) is 77.4 Å². The third kappa shape index (κ3) is 2.77. The molecule has 134 valence electrons. The van der Waals surface area contributed by atoms with Crippen LogP contribution in [0.2, 0.25) is 18.1 Å². The highest BCUT2D eigenvalue weighted by Gasteiger charge is 2.65. The first-order chi connectivity index (χ1) is 10.4. The molecule has 5 nitrogen and oxygen atoms in total. The Morgan fingerprint density at radius 1 is 1.43 bits per heavy atom. The third-order valence-corrected chi connectivity index (χ3v) is 10.6. The van der Waals surface area contributed by atoms with Gasteiger partial charge in [0.25, 0.3) is 0 Å². The molecule has 0 aromatic carbocycles. The van der Waals surface area contributed by atoms with Gasteiger partial charge in [0.1, 0.15) is 12.3 Å². The fourth-order valence-electron chi connectivity index (χ4n) is 3.51. The van der Waals surface area contributed by atoms with Crippen LogP contribution in [0.1, 0.15) is 41.5 Å². The Hall–Kier alpha value is -0.433. The Kier molecular flexibility index (Phi) is 4.79. The summed E-state index contributed by atoms with van der Waals surface area (Å²) in [4.78, 5) is 14.3. The predicted octanol–water partition coefficient (Wildman–Crippen LogP) is 2.60. The van der Waals surface area contributed by atoms with Crippen molar-refractivity contribution < 1.29 is 19.1 Å². The fraction of sp³-hybridized carbons (Fsp3) is 0.941. The molecule has 0 spiro atoms. The summed E-state index contributed by atoms with van der Waals surface area (Å²) in [5.74, 6) is -0.224. The van der Waals surface area contributed by atoms with Gasteiger partial charge in [0.2, 0.25) is 5.91 Å². The number of amides is 1. The highest BCUT2D eigenvalue weighted by atomic mass is 28.4. The number of aliphatic hydroxyl groups is 1. The number of aliphatic hydroxyl groups excluding tert-OH is 1. The summed E-state index contributed by atoms with van der Waals surface area (Å²) in [5, 5.41) is 11.0. The number of hydrogen-bond acceptors (Lipinski definition) is 4. The summed E-state index contributed by atoms with van der Waals surface area (Å²) in [6, 6.07) is 0. The van der Waals surface area contributed by atoms with Crippen LogP contribution in [-0.2, 0) is 14.0 Å². The molecule has 6 heteroatoms. The Labute approximate surface area is 141 Å². The summed E-state index contributed by atoms with van der Waals surface area (Å²) < 4.78 is 12.3. The van der Waals surface area contributed by atoms with E-state index in [-0.39, 0.29) is 29.7 Å². The van der Waals surface area contributed by atoms with Crippen molar-refractivity contribution in [2.24, 2.45) is 11.8 Å². The average Bonchev–Trinajstić information content (AvgIpc) is 2.88. The molecular formula is C17H33NO4Si. The van der Waals surface area contributed by atoms with E-state index in [1.165, 1.54) is 0 Å². The smallest absolute Gasteiger partial charge is 0.230 e. The molecule has 0 aromatic heterocycles. The molecule has 0 bridgehead atoms. The molecule has 2 aliphatic heterocycles. The largest absolute Gasteiger partial charge is 0.414 e. The second kappa shape index (κ2) is 5.83. The van der Waals surface area contributed by atoms with Gasteiger partial charge in [-0.25, -0.2) is 0 Å². The van der Waals surface area contributed by atoms with Crippen LogP contribution in [0.5, 0.6) is 0 Å². The monoisotopic (exact) mass is 343 g/mol. The highest BCUT2D eigenvalue weighted by molar-refractivity contribution is 6.74. The normalized spacial score (nSPS) is 35.3. The summed E-state index contributed by atoms with van der Waals surface area (Å²) in [7, 11) is -1.98. The molecule has 4 atom stereocenters. The zero-order chi connectivity index (χ0) is 17.8. The Balaban J connectivity index is 2.34. The van der Waals surface area contributed by atoms with Crippen LogP contribution in [0.3, 0.4) is 0 Å². The van der Waals surface area contributed by atoms with Crippen molar-refractivity contribution in [1.82, 2.24) is 4.90 Å². The third-order valence-electron chi connectivity index (χ3n) is 6.10. The first-order valence-electron chi connectivity index (χ1n) is 8.61. The van der Waals surface area contributed by atoms with Crippen molar-refractivity contribution in [3.05, 3.63) is 0 Å². The van der Waals surface area contributed by atoms with E-state index in [0.29, 0.717) is 6.61 Å². The second-order valence-electron chi connectivity index (χ2n) is 9.00. The standard InChI is InChI=1S/C17H33NO4Si/c1-11(2)14-17(9-22-23(7,8)16(4,5)6)13(19)12(3)15(20)18(17)10-21-14/h11-14,19H,9-10H2,1-8H3. The molecule has 0 aliphatic carbocycles. The van der Waals surface area contributed by atoms with Gasteiger partial charge in [-0.05, 0) is 24.1 Å². The number of hydrogen-bond donors (Lipinski definition) is 1. The van der Waals surface area contributed by atoms with E-state index in [4.69, 9.17) is 9.16 Å². The number of carbonyl (C=O) groups is 1. The van der Waals surface area contributed by atoms with Gasteiger partial charge in [0.05, 0.1) is 24.7 Å². The topological polar surface area (TPSA) is 59.0 Å². The maximum absolute atomic E-state index is 12.5. The molecule has 4 unspecified atom stereocenters. The molecule has 1 N–H and O–H groups in total. The van der Waals surface area contributed by atoms with Gasteiger partial charge in [0.15, 0.2) is 8.32 Å². The highest BCUT2D eigenvalue weighted by Crippen LogP contribution is 2.46. The number of nitrogens with zero attached hydrogens (tertiary/aromatic N) is 1. The van der Waals surface area contributed by atoms with Gasteiger partial charge in [-0.3, -0.25) is 4.79 Å². The summed E-state index contributed by atoms with van der Waals surface area (Å²) >= 11 is 0. The first-order valence-corrected chi connectivity index (χ1v) is 11.5. The average molecular weight is 344 g/mol. The fourth-order valence-corrected chi connectivity index (χ4v) is 4.54. The number of carbonyl (C=O) groups excluding carboxylic acids is 1. The maximum atomic E-state index is 12.5. The summed E-state index contributed by atoms with van der Waals surface area (Å²) in [6.07, 6.45) is -0.953. The van der Waals surface area contributed by atoms with E-state index in [2.05, 4.69) is 47.7 Å². The predicted molar refractivity (Wildman–Crippen MR) is 92.5 cm³/mol. The minimum absolute atomic E-state index is 0.0283. The van der Waals surface area contributed by atoms with Crippen LogP contribution in [0, 0.1) is 11.8 Å². The van der Waals surface area contributed by atoms with Crippen molar-refractivity contribution in [3.63, 3.8) is 0 Å². The molecule has 0 radical (unpaired) electrons. The van der Waals surface area contributed by atoms with E-state index in [1.54, 1.807) is 11.8 Å². The molecule has 1 amide bonds. The van der Waals surface area contributed by atoms with Crippen molar-refractivity contribution >= 4 is 14.2 Å². The lowest BCUT2D eigenvalue weighted by atomic mass is 9.80. The number of fused-ring (bicyclic) bond motifs is 1. The van der Waals surface area contributed by atoms with E-state index in [0.717, 1.165) is 0 Å². The molecular weight excluding hydrogens is 310 g/mol. The van der Waals surface area contributed by atoms with E-state index >= 15 is 0 Å². The summed E-state index contributed by atoms with van der Waals surface area (Å²) in [5.41, 5.74) is -0.750. The van der Waals surface area contributed by atoms with Crippen molar-refractivity contribution in [2.75, 3.05) is 13.3 Å². The quantitative estimate of drug-likeness (QED) is 0.797. The van der Waals surface area contributed by atoms with Gasteiger partial charge in [-0.1, -0.05) is 41.5 Å². The molecule has 23 heavy (non-hydrogen) atoms. The van der Waals surface area contributed by atoms with E-state index < -0.39 is 25.9 Å². The van der Waals surface area contributed by atoms with Crippen LogP contribution < -0.4 is 0 Å². The van der Waals surface area contributed by atoms with Gasteiger partial charge in [-0.2, -0.15) is 0 Å². The van der Waals surface area contributed by atoms with Gasteiger partial charge in [-0.15, -0.1) is 0 Å². The zero-order valence-corrected chi connectivity index (χ0v) is 16.8. The van der Waals surface area contributed by atoms with Crippen molar-refractivity contribution in [1.29, 1.82) is 0 Å². The first kappa shape index (κ1) is 18.9. The zero-order valence-electron chi connectivity index (χ0n) is 15.8. The SMILES string of the molecule is CC(C)C1OCN2C(=O)C(C)C(O)C12CO[Si](C)(C)C(C)(C)C. The lowest BCUT2D eigenvalue weighted by Crippen LogP contribution is -2.61. The summed E-state index contributed by atoms with van der Waals surface area (Å²) in [6.45, 7) is 17.5. The lowest BCUT2D eigenvalue weighted by molar-refractivity contribution is -0.133. The van der Waals surface area contributed by atoms with E-state index in [1.807, 2.05) is 0 Å². The van der Waals surface area contributed by atoms with Gasteiger partial charge < -0.3 is 19.2 Å². The molecule has 2 fully saturated rings. The van der Waals surface area contributed by atoms with Crippen LogP contribution >= 0.6 is 0 Å². The number of rotatable bonds is 4. The Morgan fingerprint density at radius 3 is 2.48 bits per heavy atom. The molecule has 2 aliphatic rings. The van der Waals surface area contributed by atoms with Gasteiger partial charge >= 0.3 is 0 Å². The van der Waals surface area contributed by atoms with Crippen LogP contribution in [0.15, 0.2) is 0 Å². The molecule has 2 heterocycles. The molecule has 0 saturated carbocycles. The van der Waals surface area contributed by atoms with Crippen LogP contribution in [0.4, 0.5) is 0 Å². The Bertz CT molecular complexity index is 474. The Morgan fingerprint density at radius 2 is 2.00 bits per heavy atom. The van der Waals surface area contributed by atoms with Crippen molar-refractivity contribution in [3.8, 4) is 0 Å². The minimum Gasteiger partial charge on any atom is -0.414 e. The molecule has 2 rings (SSSR count). The van der Waals surface area contributed by atoms with Gasteiger partial charge in [0, 0.05) is 0 Å². The minimum atomic E-state index is -1.98. The van der Waals surface area contributed by atoms with Crippen LogP contribution in [-0.4, -0.2) is 55.3 Å². The second-order valence-corrected chi connectivity index (χ2v) is 13.8. The van der Waals surface area contributed by atoms with Crippen LogP contribution in [0.25, 0.3) is 0 Å². The lowest BCUT2D eigenvalue weighted by Gasteiger charge is -2.44. The number of ether oxygens (including phenoxy) is 1.